The number of hydrogen-bond acceptors (Lipinski definition) is 6. The van der Waals surface area contributed by atoms with Gasteiger partial charge in [0.1, 0.15) is 6.04 Å². The molecule has 2 aliphatic heterocycles. The van der Waals surface area contributed by atoms with Crippen molar-refractivity contribution in [1.82, 2.24) is 15.5 Å². The monoisotopic (exact) mass is 489 g/mol. The van der Waals surface area contributed by atoms with Gasteiger partial charge in [-0.15, -0.1) is 0 Å². The van der Waals surface area contributed by atoms with E-state index in [4.69, 9.17) is 18.8 Å². The number of aryl methyl sites for hydroxylation is 1. The number of methoxy groups -OCH3 is 1. The van der Waals surface area contributed by atoms with Crippen molar-refractivity contribution in [1.29, 1.82) is 0 Å². The number of hydrogen-bond donors (Lipinski definition) is 2. The SMILES string of the molecule is COCC(NC(=O)N1CCOCC1)C(=O)NC(CCCc1ccccc1)B1OC(C)(C)C(C)(C)O1. The molecule has 9 nitrogen and oxygen atoms in total. The Morgan fingerprint density at radius 2 is 1.69 bits per heavy atom. The van der Waals surface area contributed by atoms with Crippen LogP contribution >= 0.6 is 0 Å². The Balaban J connectivity index is 1.67. The van der Waals surface area contributed by atoms with Crippen LogP contribution in [0.3, 0.4) is 0 Å². The summed E-state index contributed by atoms with van der Waals surface area (Å²) in [5, 5.41) is 5.90. The lowest BCUT2D eigenvalue weighted by Gasteiger charge is -2.32. The second kappa shape index (κ2) is 12.2. The highest BCUT2D eigenvalue weighted by Gasteiger charge is 2.54. The maximum atomic E-state index is 13.3. The van der Waals surface area contributed by atoms with Crippen LogP contribution in [0.2, 0.25) is 0 Å². The zero-order chi connectivity index (χ0) is 25.5. The van der Waals surface area contributed by atoms with Gasteiger partial charge in [0.05, 0.1) is 37.0 Å². The van der Waals surface area contributed by atoms with Gasteiger partial charge in [-0.05, 0) is 52.5 Å². The fourth-order valence-corrected chi connectivity index (χ4v) is 4.14. The van der Waals surface area contributed by atoms with Crippen molar-refractivity contribution >= 4 is 19.1 Å². The Morgan fingerprint density at radius 3 is 2.29 bits per heavy atom. The largest absolute Gasteiger partial charge is 0.481 e. The fraction of sp³-hybridized carbons (Fsp3) is 0.680. The molecule has 35 heavy (non-hydrogen) atoms. The number of rotatable bonds is 10. The van der Waals surface area contributed by atoms with Gasteiger partial charge in [-0.2, -0.15) is 0 Å². The van der Waals surface area contributed by atoms with Crippen molar-refractivity contribution in [2.45, 2.75) is 70.1 Å². The highest BCUT2D eigenvalue weighted by molar-refractivity contribution is 6.48. The van der Waals surface area contributed by atoms with Crippen LogP contribution in [0, 0.1) is 0 Å². The minimum atomic E-state index is -0.839. The van der Waals surface area contributed by atoms with E-state index in [9.17, 15) is 9.59 Å². The van der Waals surface area contributed by atoms with Crippen molar-refractivity contribution in [2.24, 2.45) is 0 Å². The first-order valence-corrected chi connectivity index (χ1v) is 12.4. The first-order valence-electron chi connectivity index (χ1n) is 12.4. The molecule has 2 unspecified atom stereocenters. The fourth-order valence-electron chi connectivity index (χ4n) is 4.14. The van der Waals surface area contributed by atoms with E-state index in [-0.39, 0.29) is 24.5 Å². The highest BCUT2D eigenvalue weighted by atomic mass is 16.7. The molecule has 0 aliphatic carbocycles. The molecule has 0 bridgehead atoms. The van der Waals surface area contributed by atoms with Crippen LogP contribution in [0.25, 0.3) is 0 Å². The van der Waals surface area contributed by atoms with Gasteiger partial charge in [0.15, 0.2) is 0 Å². The minimum Gasteiger partial charge on any atom is -0.402 e. The number of ether oxygens (including phenoxy) is 2. The molecule has 1 aromatic carbocycles. The molecule has 2 aliphatic rings. The summed E-state index contributed by atoms with van der Waals surface area (Å²) in [6.07, 6.45) is 2.38. The number of amides is 3. The van der Waals surface area contributed by atoms with E-state index < -0.39 is 24.4 Å². The van der Waals surface area contributed by atoms with Crippen molar-refractivity contribution < 1.29 is 28.4 Å². The number of carbonyl (C=O) groups is 2. The van der Waals surface area contributed by atoms with E-state index in [0.717, 1.165) is 12.8 Å². The number of nitrogens with one attached hydrogen (secondary N) is 2. The van der Waals surface area contributed by atoms with Gasteiger partial charge in [0.2, 0.25) is 5.91 Å². The molecular formula is C25H40BN3O6. The number of carbonyl (C=O) groups excluding carboxylic acids is 2. The first-order chi connectivity index (χ1) is 16.6. The standard InChI is InChI=1S/C25H40BN3O6/c1-24(2)25(3,4)35-26(34-24)21(13-9-12-19-10-7-6-8-11-19)28-22(30)20(18-32-5)27-23(31)29-14-16-33-17-15-29/h6-8,10-11,20-21H,9,12-18H2,1-5H3,(H,27,31)(H,28,30). The van der Waals surface area contributed by atoms with Crippen molar-refractivity contribution in [2.75, 3.05) is 40.0 Å². The zero-order valence-electron chi connectivity index (χ0n) is 21.7. The van der Waals surface area contributed by atoms with Crippen molar-refractivity contribution in [3.63, 3.8) is 0 Å². The third kappa shape index (κ3) is 7.43. The molecule has 2 saturated heterocycles. The number of benzene rings is 1. The van der Waals surface area contributed by atoms with E-state index >= 15 is 0 Å². The molecule has 2 atom stereocenters. The topological polar surface area (TPSA) is 98.4 Å². The molecule has 10 heteroatoms. The minimum absolute atomic E-state index is 0.0576. The normalized spacial score (nSPS) is 20.8. The van der Waals surface area contributed by atoms with Gasteiger partial charge < -0.3 is 34.3 Å². The Hall–Kier alpha value is -2.14. The van der Waals surface area contributed by atoms with E-state index in [1.165, 1.54) is 12.7 Å². The van der Waals surface area contributed by atoms with Crippen LogP contribution in [0.1, 0.15) is 46.1 Å². The lowest BCUT2D eigenvalue weighted by atomic mass is 9.75. The molecule has 2 heterocycles. The Bertz CT molecular complexity index is 816. The Kier molecular flexibility index (Phi) is 9.58. The Morgan fingerprint density at radius 1 is 1.06 bits per heavy atom. The summed E-state index contributed by atoms with van der Waals surface area (Å²) in [6.45, 7) is 9.98. The summed E-state index contributed by atoms with van der Waals surface area (Å²) in [5.74, 6) is -0.709. The van der Waals surface area contributed by atoms with Gasteiger partial charge in [-0.3, -0.25) is 4.79 Å². The zero-order valence-corrected chi connectivity index (χ0v) is 21.7. The van der Waals surface area contributed by atoms with Gasteiger partial charge in [-0.25, -0.2) is 4.79 Å². The average Bonchev–Trinajstić information content (AvgIpc) is 3.05. The molecule has 1 aromatic rings. The molecule has 194 valence electrons. The van der Waals surface area contributed by atoms with Crippen LogP contribution in [-0.4, -0.2) is 87.2 Å². The molecule has 3 rings (SSSR count). The van der Waals surface area contributed by atoms with Gasteiger partial charge in [-0.1, -0.05) is 30.3 Å². The summed E-state index contributed by atoms with van der Waals surface area (Å²) >= 11 is 0. The van der Waals surface area contributed by atoms with Crippen molar-refractivity contribution in [3.8, 4) is 0 Å². The van der Waals surface area contributed by atoms with Crippen LogP contribution in [-0.2, 0) is 30.0 Å². The van der Waals surface area contributed by atoms with Gasteiger partial charge in [0.25, 0.3) is 0 Å². The van der Waals surface area contributed by atoms with E-state index in [1.807, 2.05) is 45.9 Å². The second-order valence-corrected chi connectivity index (χ2v) is 10.2. The predicted molar refractivity (Wildman–Crippen MR) is 134 cm³/mol. The van der Waals surface area contributed by atoms with Gasteiger partial charge >= 0.3 is 13.1 Å². The average molecular weight is 489 g/mol. The summed E-state index contributed by atoms with van der Waals surface area (Å²) in [4.78, 5) is 27.7. The Labute approximate surface area is 209 Å². The summed E-state index contributed by atoms with van der Waals surface area (Å²) in [5.41, 5.74) is 0.203. The van der Waals surface area contributed by atoms with E-state index in [1.54, 1.807) is 4.90 Å². The smallest absolute Gasteiger partial charge is 0.402 e. The molecule has 2 N–H and O–H groups in total. The van der Waals surface area contributed by atoms with E-state index in [2.05, 4.69) is 22.8 Å². The first kappa shape index (κ1) is 27.5. The van der Waals surface area contributed by atoms with Crippen molar-refractivity contribution in [3.05, 3.63) is 35.9 Å². The van der Waals surface area contributed by atoms with Gasteiger partial charge in [0, 0.05) is 20.2 Å². The van der Waals surface area contributed by atoms with Crippen LogP contribution in [0.4, 0.5) is 4.79 Å². The molecule has 0 saturated carbocycles. The summed E-state index contributed by atoms with van der Waals surface area (Å²) in [6, 6.07) is 9.09. The molecule has 0 aromatic heterocycles. The third-order valence-electron chi connectivity index (χ3n) is 7.00. The maximum Gasteiger partial charge on any atom is 0.481 e. The molecule has 0 spiro atoms. The third-order valence-corrected chi connectivity index (χ3v) is 7.00. The number of morpholine rings is 1. The lowest BCUT2D eigenvalue weighted by Crippen LogP contribution is -2.58. The lowest BCUT2D eigenvalue weighted by molar-refractivity contribution is -0.124. The van der Waals surface area contributed by atoms with Crippen LogP contribution in [0.15, 0.2) is 30.3 Å². The molecule has 3 amide bonds. The molecular weight excluding hydrogens is 449 g/mol. The molecule has 0 radical (unpaired) electrons. The van der Waals surface area contributed by atoms with E-state index in [0.29, 0.717) is 32.7 Å². The van der Waals surface area contributed by atoms with Crippen LogP contribution < -0.4 is 10.6 Å². The molecule has 2 fully saturated rings. The second-order valence-electron chi connectivity index (χ2n) is 10.2. The maximum absolute atomic E-state index is 13.3. The van der Waals surface area contributed by atoms with Crippen LogP contribution in [0.5, 0.6) is 0 Å². The highest BCUT2D eigenvalue weighted by Crippen LogP contribution is 2.38. The quantitative estimate of drug-likeness (QED) is 0.489. The number of nitrogens with zero attached hydrogens (tertiary/aromatic N) is 1. The summed E-state index contributed by atoms with van der Waals surface area (Å²) in [7, 11) is 0.907. The predicted octanol–water partition coefficient (Wildman–Crippen LogP) is 2.18. The summed E-state index contributed by atoms with van der Waals surface area (Å²) < 4.78 is 23.1. The number of urea groups is 1.